The van der Waals surface area contributed by atoms with Crippen molar-refractivity contribution >= 4 is 39.2 Å². The Balaban J connectivity index is 1.54. The minimum absolute atomic E-state index is 0.344. The van der Waals surface area contributed by atoms with Crippen molar-refractivity contribution in [3.05, 3.63) is 52.2 Å². The maximum atomic E-state index is 12.7. The molecule has 1 amide bonds. The van der Waals surface area contributed by atoms with Gasteiger partial charge in [0.1, 0.15) is 0 Å². The highest BCUT2D eigenvalue weighted by molar-refractivity contribution is 7.13. The van der Waals surface area contributed by atoms with Crippen molar-refractivity contribution in [1.82, 2.24) is 9.97 Å². The lowest BCUT2D eigenvalue weighted by Crippen LogP contribution is -2.21. The summed E-state index contributed by atoms with van der Waals surface area (Å²) in [5.74, 6) is -0.880. The molecule has 0 radical (unpaired) electrons. The van der Waals surface area contributed by atoms with Crippen LogP contribution < -0.4 is 5.32 Å². The first-order valence-electron chi connectivity index (χ1n) is 8.41. The van der Waals surface area contributed by atoms with Crippen LogP contribution in [0.25, 0.3) is 10.9 Å². The fraction of sp³-hybridized carbons (Fsp3) is 0.263. The van der Waals surface area contributed by atoms with E-state index in [1.165, 1.54) is 11.3 Å². The molecule has 0 saturated heterocycles. The number of para-hydroxylation sites is 1. The highest BCUT2D eigenvalue weighted by Crippen LogP contribution is 2.30. The second kappa shape index (κ2) is 6.84. The number of hydrogen-bond acceptors (Lipinski definition) is 6. The van der Waals surface area contributed by atoms with E-state index in [0.29, 0.717) is 10.7 Å². The third kappa shape index (κ3) is 3.17. The minimum Gasteiger partial charge on any atom is -0.452 e. The van der Waals surface area contributed by atoms with Crippen LogP contribution >= 0.6 is 11.3 Å². The van der Waals surface area contributed by atoms with Crippen molar-refractivity contribution in [2.75, 3.05) is 11.9 Å². The van der Waals surface area contributed by atoms with Crippen molar-refractivity contribution in [3.8, 4) is 0 Å². The summed E-state index contributed by atoms with van der Waals surface area (Å²) in [6, 6.07) is 7.53. The highest BCUT2D eigenvalue weighted by Gasteiger charge is 2.25. The summed E-state index contributed by atoms with van der Waals surface area (Å²) < 4.78 is 5.30. The van der Waals surface area contributed by atoms with Gasteiger partial charge in [0.2, 0.25) is 0 Å². The Bertz CT molecular complexity index is 1010. The molecular weight excluding hydrogens is 350 g/mol. The Labute approximate surface area is 154 Å². The summed E-state index contributed by atoms with van der Waals surface area (Å²) in [4.78, 5) is 33.6. The number of aryl methyl sites for hydroxylation is 2. The lowest BCUT2D eigenvalue weighted by atomic mass is 10.0. The zero-order valence-electron chi connectivity index (χ0n) is 14.2. The monoisotopic (exact) mass is 367 g/mol. The topological polar surface area (TPSA) is 81.2 Å². The first kappa shape index (κ1) is 16.7. The van der Waals surface area contributed by atoms with E-state index in [9.17, 15) is 9.59 Å². The van der Waals surface area contributed by atoms with E-state index in [2.05, 4.69) is 15.3 Å². The molecule has 0 aliphatic heterocycles. The summed E-state index contributed by atoms with van der Waals surface area (Å²) in [5, 5.41) is 5.75. The molecule has 7 heteroatoms. The molecule has 26 heavy (non-hydrogen) atoms. The molecule has 3 aromatic rings. The fourth-order valence-corrected chi connectivity index (χ4v) is 3.92. The summed E-state index contributed by atoms with van der Waals surface area (Å²) in [7, 11) is 0. The number of hydrogen-bond donors (Lipinski definition) is 1. The summed E-state index contributed by atoms with van der Waals surface area (Å²) >= 11 is 1.33. The van der Waals surface area contributed by atoms with Gasteiger partial charge in [-0.05, 0) is 37.8 Å². The number of aromatic nitrogens is 2. The van der Waals surface area contributed by atoms with Crippen molar-refractivity contribution in [1.29, 1.82) is 0 Å². The quantitative estimate of drug-likeness (QED) is 0.716. The van der Waals surface area contributed by atoms with E-state index in [1.54, 1.807) is 0 Å². The average molecular weight is 367 g/mol. The number of esters is 1. The van der Waals surface area contributed by atoms with E-state index in [0.717, 1.165) is 47.1 Å². The molecule has 0 bridgehead atoms. The molecule has 1 aliphatic rings. The van der Waals surface area contributed by atoms with Crippen LogP contribution in [0.1, 0.15) is 33.7 Å². The first-order valence-corrected chi connectivity index (χ1v) is 9.29. The zero-order chi connectivity index (χ0) is 18.1. The van der Waals surface area contributed by atoms with Gasteiger partial charge in [-0.1, -0.05) is 18.2 Å². The molecule has 1 N–H and O–H groups in total. The first-order chi connectivity index (χ1) is 12.6. The molecular formula is C19H17N3O3S. The number of nitrogens with zero attached hydrogens (tertiary/aromatic N) is 2. The molecule has 4 rings (SSSR count). The Morgan fingerprint density at radius 3 is 2.88 bits per heavy atom. The maximum absolute atomic E-state index is 12.7. The van der Waals surface area contributed by atoms with Gasteiger partial charge in [0.25, 0.3) is 5.91 Å². The molecule has 2 aromatic heterocycles. The number of rotatable bonds is 4. The number of benzene rings is 1. The van der Waals surface area contributed by atoms with E-state index in [-0.39, 0.29) is 6.61 Å². The molecule has 132 valence electrons. The number of pyridine rings is 1. The number of carbonyl (C=O) groups is 2. The van der Waals surface area contributed by atoms with Crippen LogP contribution in [-0.4, -0.2) is 28.5 Å². The van der Waals surface area contributed by atoms with Crippen LogP contribution in [0.15, 0.2) is 29.6 Å². The summed E-state index contributed by atoms with van der Waals surface area (Å²) in [6.07, 6.45) is 2.65. The number of fused-ring (bicyclic) bond motifs is 2. The average Bonchev–Trinajstić information content (AvgIpc) is 3.26. The van der Waals surface area contributed by atoms with Crippen molar-refractivity contribution in [2.24, 2.45) is 0 Å². The fourth-order valence-electron chi connectivity index (χ4n) is 3.21. The van der Waals surface area contributed by atoms with Gasteiger partial charge in [-0.2, -0.15) is 0 Å². The lowest BCUT2D eigenvalue weighted by molar-refractivity contribution is -0.119. The van der Waals surface area contributed by atoms with Crippen LogP contribution in [0, 0.1) is 6.92 Å². The normalized spacial score (nSPS) is 12.8. The molecule has 0 atom stereocenters. The molecule has 6 nitrogen and oxygen atoms in total. The number of nitrogens with one attached hydrogen (secondary N) is 1. The Kier molecular flexibility index (Phi) is 4.38. The molecule has 1 aliphatic carbocycles. The maximum Gasteiger partial charge on any atom is 0.339 e. The minimum atomic E-state index is -0.479. The highest BCUT2D eigenvalue weighted by atomic mass is 32.1. The standard InChI is InChI=1S/C19H17N3O3S/c1-11-10-26-19(20-11)22-16(23)9-25-18(24)17-12-5-2-3-7-14(12)21-15-8-4-6-13(15)17/h2-3,5,7,10H,4,6,8-9H2,1H3,(H,20,22,23). The Morgan fingerprint density at radius 1 is 1.23 bits per heavy atom. The van der Waals surface area contributed by atoms with Crippen LogP contribution in [0.3, 0.4) is 0 Å². The van der Waals surface area contributed by atoms with Crippen LogP contribution in [0.2, 0.25) is 0 Å². The predicted molar refractivity (Wildman–Crippen MR) is 99.5 cm³/mol. The molecule has 2 heterocycles. The largest absolute Gasteiger partial charge is 0.452 e. The van der Waals surface area contributed by atoms with Crippen LogP contribution in [0.4, 0.5) is 5.13 Å². The number of anilines is 1. The second-order valence-electron chi connectivity index (χ2n) is 6.20. The molecule has 0 saturated carbocycles. The van der Waals surface area contributed by atoms with Gasteiger partial charge in [-0.15, -0.1) is 11.3 Å². The Hall–Kier alpha value is -2.80. The van der Waals surface area contributed by atoms with E-state index in [1.807, 2.05) is 36.6 Å². The molecule has 0 spiro atoms. The lowest BCUT2D eigenvalue weighted by Gasteiger charge is -2.12. The summed E-state index contributed by atoms with van der Waals surface area (Å²) in [5.41, 5.74) is 4.06. The number of carbonyl (C=O) groups excluding carboxylic acids is 2. The van der Waals surface area contributed by atoms with E-state index >= 15 is 0 Å². The number of thiazole rings is 1. The third-order valence-electron chi connectivity index (χ3n) is 4.32. The summed E-state index contributed by atoms with van der Waals surface area (Å²) in [6.45, 7) is 1.50. The van der Waals surface area contributed by atoms with Gasteiger partial charge in [-0.25, -0.2) is 9.78 Å². The van der Waals surface area contributed by atoms with Gasteiger partial charge < -0.3 is 4.74 Å². The zero-order valence-corrected chi connectivity index (χ0v) is 15.1. The van der Waals surface area contributed by atoms with Crippen LogP contribution in [-0.2, 0) is 22.4 Å². The smallest absolute Gasteiger partial charge is 0.339 e. The predicted octanol–water partition coefficient (Wildman–Crippen LogP) is 3.28. The van der Waals surface area contributed by atoms with E-state index in [4.69, 9.17) is 4.74 Å². The Morgan fingerprint density at radius 2 is 2.08 bits per heavy atom. The van der Waals surface area contributed by atoms with Gasteiger partial charge in [0.05, 0.1) is 16.8 Å². The molecule has 1 aromatic carbocycles. The molecule has 0 unspecified atom stereocenters. The van der Waals surface area contributed by atoms with Gasteiger partial charge in [0.15, 0.2) is 11.7 Å². The van der Waals surface area contributed by atoms with Gasteiger partial charge >= 0.3 is 5.97 Å². The second-order valence-corrected chi connectivity index (χ2v) is 7.06. The van der Waals surface area contributed by atoms with Crippen molar-refractivity contribution in [2.45, 2.75) is 26.2 Å². The number of amides is 1. The van der Waals surface area contributed by atoms with Crippen LogP contribution in [0.5, 0.6) is 0 Å². The van der Waals surface area contributed by atoms with Crippen molar-refractivity contribution < 1.29 is 14.3 Å². The van der Waals surface area contributed by atoms with E-state index < -0.39 is 11.9 Å². The molecule has 0 fully saturated rings. The van der Waals surface area contributed by atoms with Gasteiger partial charge in [0, 0.05) is 16.5 Å². The van der Waals surface area contributed by atoms with Gasteiger partial charge in [-0.3, -0.25) is 15.1 Å². The number of ether oxygens (including phenoxy) is 1. The third-order valence-corrected chi connectivity index (χ3v) is 5.20. The SMILES string of the molecule is Cc1csc(NC(=O)COC(=O)c2c3c(nc4ccccc24)CCC3)n1. The van der Waals surface area contributed by atoms with Crippen molar-refractivity contribution in [3.63, 3.8) is 0 Å².